The second-order valence-electron chi connectivity index (χ2n) is 14.0. The highest BCUT2D eigenvalue weighted by Gasteiger charge is 2.25. The van der Waals surface area contributed by atoms with Crippen LogP contribution in [0.1, 0.15) is 33.7 Å². The quantitative estimate of drug-likeness (QED) is 0.0958. The van der Waals surface area contributed by atoms with Gasteiger partial charge in [-0.05, 0) is 93.6 Å². The summed E-state index contributed by atoms with van der Waals surface area (Å²) in [6.07, 6.45) is 3.96. The summed E-state index contributed by atoms with van der Waals surface area (Å²) in [6, 6.07) is 36.1. The molecule has 0 aliphatic carbocycles. The topological polar surface area (TPSA) is 116 Å². The van der Waals surface area contributed by atoms with E-state index in [4.69, 9.17) is 5.14 Å². The number of nitrogens with zero attached hydrogens (tertiary/aromatic N) is 5. The number of nitro groups is 1. The van der Waals surface area contributed by atoms with Gasteiger partial charge >= 0.3 is 0 Å². The number of nitrogens with two attached hydrogens (primary N) is 1. The summed E-state index contributed by atoms with van der Waals surface area (Å²) < 4.78 is 26.5. The fraction of sp³-hybridized carbons (Fsp3) is 0.209. The Kier molecular flexibility index (Phi) is 11.9. The minimum absolute atomic E-state index is 0.186. The van der Waals surface area contributed by atoms with Crippen molar-refractivity contribution in [2.75, 3.05) is 76.0 Å². The lowest BCUT2D eigenvalue weighted by molar-refractivity contribution is -0.385. The summed E-state index contributed by atoms with van der Waals surface area (Å²) >= 11 is 0. The van der Waals surface area contributed by atoms with Crippen LogP contribution in [0.4, 0.5) is 28.4 Å². The van der Waals surface area contributed by atoms with Gasteiger partial charge in [-0.25, -0.2) is 13.6 Å². The van der Waals surface area contributed by atoms with Crippen LogP contribution in [0.3, 0.4) is 0 Å². The van der Waals surface area contributed by atoms with Crippen molar-refractivity contribution >= 4 is 49.6 Å². The Balaban J connectivity index is 1.90. The molecule has 0 bridgehead atoms. The Bertz CT molecular complexity index is 2040. The van der Waals surface area contributed by atoms with Crippen LogP contribution in [0.25, 0.3) is 11.1 Å². The molecule has 0 amide bonds. The average molecular weight is 745 g/mol. The van der Waals surface area contributed by atoms with Crippen LogP contribution < -0.4 is 24.7 Å². The van der Waals surface area contributed by atoms with Crippen LogP contribution in [0.2, 0.25) is 0 Å². The molecule has 0 saturated carbocycles. The van der Waals surface area contributed by atoms with E-state index in [9.17, 15) is 18.5 Å². The highest BCUT2D eigenvalue weighted by atomic mass is 32.2. The fourth-order valence-electron chi connectivity index (χ4n) is 6.23. The highest BCUT2D eigenvalue weighted by molar-refractivity contribution is 7.89. The molecule has 2 N–H and O–H groups in total. The third-order valence-electron chi connectivity index (χ3n) is 9.34. The van der Waals surface area contributed by atoms with Crippen LogP contribution in [-0.2, 0) is 10.0 Å². The van der Waals surface area contributed by atoms with Gasteiger partial charge in [-0.3, -0.25) is 10.1 Å². The Labute approximate surface area is 319 Å². The predicted molar refractivity (Wildman–Crippen MR) is 224 cm³/mol. The van der Waals surface area contributed by atoms with E-state index in [2.05, 4.69) is 0 Å². The monoisotopic (exact) mass is 744 g/mol. The van der Waals surface area contributed by atoms with Gasteiger partial charge in [0.25, 0.3) is 5.69 Å². The molecule has 11 heteroatoms. The molecule has 5 aromatic rings. The van der Waals surface area contributed by atoms with Crippen molar-refractivity contribution in [1.29, 1.82) is 0 Å². The summed E-state index contributed by atoms with van der Waals surface area (Å²) in [5.74, 6) is -0.813. The van der Waals surface area contributed by atoms with Crippen molar-refractivity contribution in [3.63, 3.8) is 0 Å². The standard InChI is InChI=1S/C43H48N6O4S/c1-45(2)35-17-9-30(10-18-35)40(31-11-19-36(20-12-31)46(3)4)27-34(42-29-39(49(50)51)25-26-43(42)54(44,52)53)28-41(32-13-21-37(22-14-32)47(5)6)33-15-23-38(24-16-33)48(7)8/h9-29,34H,1-8H3,(H2,44,52,53). The summed E-state index contributed by atoms with van der Waals surface area (Å²) in [4.78, 5) is 19.5. The molecular weight excluding hydrogens is 697 g/mol. The van der Waals surface area contributed by atoms with Gasteiger partial charge in [0.2, 0.25) is 10.0 Å². The van der Waals surface area contributed by atoms with Gasteiger partial charge in [-0.15, -0.1) is 0 Å². The van der Waals surface area contributed by atoms with Gasteiger partial charge in [0.05, 0.1) is 9.82 Å². The van der Waals surface area contributed by atoms with Crippen LogP contribution in [0, 0.1) is 10.1 Å². The Hall–Kier alpha value is -5.91. The maximum atomic E-state index is 13.2. The first-order valence-corrected chi connectivity index (χ1v) is 18.9. The van der Waals surface area contributed by atoms with Crippen molar-refractivity contribution < 1.29 is 13.3 Å². The Morgan fingerprint density at radius 1 is 0.556 bits per heavy atom. The van der Waals surface area contributed by atoms with E-state index in [0.717, 1.165) is 56.1 Å². The predicted octanol–water partition coefficient (Wildman–Crippen LogP) is 7.85. The van der Waals surface area contributed by atoms with Gasteiger partial charge in [0, 0.05) is 97.2 Å². The highest BCUT2D eigenvalue weighted by Crippen LogP contribution is 2.38. The van der Waals surface area contributed by atoms with Crippen molar-refractivity contribution in [2.24, 2.45) is 5.14 Å². The Morgan fingerprint density at radius 2 is 0.852 bits per heavy atom. The van der Waals surface area contributed by atoms with Gasteiger partial charge in [0.15, 0.2) is 0 Å². The molecule has 0 aromatic heterocycles. The van der Waals surface area contributed by atoms with Gasteiger partial charge in [0.1, 0.15) is 0 Å². The van der Waals surface area contributed by atoms with Crippen molar-refractivity contribution in [3.05, 3.63) is 165 Å². The number of hydrogen-bond acceptors (Lipinski definition) is 8. The lowest BCUT2D eigenvalue weighted by atomic mass is 9.86. The van der Waals surface area contributed by atoms with Gasteiger partial charge < -0.3 is 19.6 Å². The van der Waals surface area contributed by atoms with E-state index >= 15 is 0 Å². The van der Waals surface area contributed by atoms with Gasteiger partial charge in [-0.1, -0.05) is 60.7 Å². The van der Waals surface area contributed by atoms with Gasteiger partial charge in [-0.2, -0.15) is 0 Å². The van der Waals surface area contributed by atoms with Crippen LogP contribution >= 0.6 is 0 Å². The van der Waals surface area contributed by atoms with E-state index in [0.29, 0.717) is 0 Å². The molecule has 0 aliphatic rings. The summed E-state index contributed by atoms with van der Waals surface area (Å²) in [5.41, 5.74) is 9.13. The summed E-state index contributed by atoms with van der Waals surface area (Å²) in [7, 11) is 11.5. The molecule has 0 fully saturated rings. The minimum atomic E-state index is -4.31. The molecular formula is C43H48N6O4S. The largest absolute Gasteiger partial charge is 0.378 e. The minimum Gasteiger partial charge on any atom is -0.378 e. The SMILES string of the molecule is CN(C)c1ccc(C(=CC(C=C(c2ccc(N(C)C)cc2)c2ccc(N(C)C)cc2)c2cc([N+](=O)[O-])ccc2S(N)(=O)=O)c2ccc(N(C)C)cc2)cc1. The number of benzene rings is 5. The molecule has 0 heterocycles. The molecule has 0 saturated heterocycles. The lowest BCUT2D eigenvalue weighted by Crippen LogP contribution is -2.16. The molecule has 0 radical (unpaired) electrons. The van der Waals surface area contributed by atoms with E-state index in [1.165, 1.54) is 18.2 Å². The second-order valence-corrected chi connectivity index (χ2v) is 15.5. The second kappa shape index (κ2) is 16.4. The number of non-ortho nitro benzene ring substituents is 1. The van der Waals surface area contributed by atoms with Crippen LogP contribution in [0.5, 0.6) is 0 Å². The smallest absolute Gasteiger partial charge is 0.269 e. The summed E-state index contributed by atoms with van der Waals surface area (Å²) in [5, 5.41) is 18.0. The molecule has 0 unspecified atom stereocenters. The molecule has 0 spiro atoms. The van der Waals surface area contributed by atoms with E-state index in [1.807, 2.05) is 185 Å². The number of sulfonamides is 1. The zero-order chi connectivity index (χ0) is 39.3. The Morgan fingerprint density at radius 3 is 1.09 bits per heavy atom. The number of primary sulfonamides is 1. The normalized spacial score (nSPS) is 11.1. The number of rotatable bonds is 13. The number of hydrogen-bond donors (Lipinski definition) is 1. The van der Waals surface area contributed by atoms with Crippen molar-refractivity contribution in [3.8, 4) is 0 Å². The third kappa shape index (κ3) is 9.17. The zero-order valence-electron chi connectivity index (χ0n) is 32.1. The maximum Gasteiger partial charge on any atom is 0.269 e. The first-order valence-electron chi connectivity index (χ1n) is 17.4. The number of nitro benzene ring substituents is 1. The van der Waals surface area contributed by atoms with E-state index in [1.54, 1.807) is 0 Å². The average Bonchev–Trinajstić information content (AvgIpc) is 3.14. The number of anilines is 4. The molecule has 0 aliphatic heterocycles. The van der Waals surface area contributed by atoms with Crippen LogP contribution in [-0.4, -0.2) is 69.7 Å². The lowest BCUT2D eigenvalue weighted by Gasteiger charge is -2.21. The first-order chi connectivity index (χ1) is 25.5. The van der Waals surface area contributed by atoms with E-state index in [-0.39, 0.29) is 16.1 Å². The molecule has 0 atom stereocenters. The molecule has 5 rings (SSSR count). The van der Waals surface area contributed by atoms with Crippen LogP contribution in [0.15, 0.2) is 132 Å². The summed E-state index contributed by atoms with van der Waals surface area (Å²) in [6.45, 7) is 0. The molecule has 10 nitrogen and oxygen atoms in total. The third-order valence-corrected chi connectivity index (χ3v) is 10.3. The fourth-order valence-corrected chi connectivity index (χ4v) is 7.01. The number of allylic oxidation sites excluding steroid dienone is 2. The zero-order valence-corrected chi connectivity index (χ0v) is 32.9. The molecule has 5 aromatic carbocycles. The molecule has 280 valence electrons. The van der Waals surface area contributed by atoms with Crippen molar-refractivity contribution in [2.45, 2.75) is 10.8 Å². The van der Waals surface area contributed by atoms with Crippen molar-refractivity contribution in [1.82, 2.24) is 0 Å². The van der Waals surface area contributed by atoms with E-state index < -0.39 is 20.9 Å². The maximum absolute atomic E-state index is 13.2. The molecule has 54 heavy (non-hydrogen) atoms. The first kappa shape index (κ1) is 39.3.